The van der Waals surface area contributed by atoms with E-state index < -0.39 is 0 Å². The summed E-state index contributed by atoms with van der Waals surface area (Å²) >= 11 is 0. The second-order valence-corrected chi connectivity index (χ2v) is 5.80. The average Bonchev–Trinajstić information content (AvgIpc) is 2.45. The largest absolute Gasteiger partial charge is 0.368 e. The highest BCUT2D eigenvalue weighted by atomic mass is 15.2. The topological polar surface area (TPSA) is 28.2 Å². The highest BCUT2D eigenvalue weighted by Crippen LogP contribution is 2.25. The number of aromatic nitrogens is 1. The first-order valence-corrected chi connectivity index (χ1v) is 8.04. The lowest BCUT2D eigenvalue weighted by atomic mass is 10.0. The summed E-state index contributed by atoms with van der Waals surface area (Å²) in [5.41, 5.74) is 2.66. The van der Waals surface area contributed by atoms with E-state index in [1.165, 1.54) is 24.1 Å². The van der Waals surface area contributed by atoms with Gasteiger partial charge < -0.3 is 10.2 Å². The fourth-order valence-corrected chi connectivity index (χ4v) is 2.66. The molecule has 1 aromatic heterocycles. The van der Waals surface area contributed by atoms with Crippen molar-refractivity contribution in [3.8, 4) is 0 Å². The zero-order valence-corrected chi connectivity index (χ0v) is 13.8. The molecule has 0 spiro atoms. The molecule has 0 fully saturated rings. The molecule has 1 heterocycles. The zero-order chi connectivity index (χ0) is 15.0. The van der Waals surface area contributed by atoms with Crippen LogP contribution in [0.4, 0.5) is 5.69 Å². The van der Waals surface area contributed by atoms with Gasteiger partial charge in [-0.1, -0.05) is 34.6 Å². The number of anilines is 1. The maximum Gasteiger partial charge on any atom is 0.0445 e. The second-order valence-electron chi connectivity index (χ2n) is 5.80. The number of hydrogen-bond acceptors (Lipinski definition) is 3. The van der Waals surface area contributed by atoms with Crippen LogP contribution in [-0.2, 0) is 6.54 Å². The van der Waals surface area contributed by atoms with Crippen molar-refractivity contribution in [2.24, 2.45) is 5.92 Å². The van der Waals surface area contributed by atoms with Crippen LogP contribution in [0.5, 0.6) is 0 Å². The SMILES string of the molecule is CCNCc1cnccc1N(CC(C)C)C(CC)CC. The molecule has 0 aliphatic carbocycles. The maximum absolute atomic E-state index is 4.30. The van der Waals surface area contributed by atoms with Gasteiger partial charge in [0, 0.05) is 42.8 Å². The van der Waals surface area contributed by atoms with Crippen molar-refractivity contribution in [3.63, 3.8) is 0 Å². The first-order valence-electron chi connectivity index (χ1n) is 8.04. The minimum absolute atomic E-state index is 0.611. The number of hydrogen-bond donors (Lipinski definition) is 1. The van der Waals surface area contributed by atoms with Gasteiger partial charge in [0.05, 0.1) is 0 Å². The molecule has 0 bridgehead atoms. The minimum atomic E-state index is 0.611. The van der Waals surface area contributed by atoms with E-state index in [2.05, 4.69) is 55.9 Å². The van der Waals surface area contributed by atoms with Crippen molar-refractivity contribution < 1.29 is 0 Å². The van der Waals surface area contributed by atoms with Crippen LogP contribution in [0.25, 0.3) is 0 Å². The van der Waals surface area contributed by atoms with Gasteiger partial charge in [-0.2, -0.15) is 0 Å². The lowest BCUT2D eigenvalue weighted by molar-refractivity contribution is 0.505. The molecule has 0 amide bonds. The van der Waals surface area contributed by atoms with E-state index in [9.17, 15) is 0 Å². The highest BCUT2D eigenvalue weighted by Gasteiger charge is 2.19. The molecule has 0 radical (unpaired) electrons. The van der Waals surface area contributed by atoms with Crippen molar-refractivity contribution in [2.75, 3.05) is 18.0 Å². The molecule has 0 aromatic carbocycles. The van der Waals surface area contributed by atoms with Crippen molar-refractivity contribution in [3.05, 3.63) is 24.0 Å². The Bertz CT molecular complexity index is 372. The lowest BCUT2D eigenvalue weighted by Gasteiger charge is -2.35. The quantitative estimate of drug-likeness (QED) is 0.743. The third-order valence-corrected chi connectivity index (χ3v) is 3.70. The van der Waals surface area contributed by atoms with E-state index in [-0.39, 0.29) is 0 Å². The van der Waals surface area contributed by atoms with Crippen LogP contribution in [0.15, 0.2) is 18.5 Å². The van der Waals surface area contributed by atoms with Crippen LogP contribution in [-0.4, -0.2) is 24.1 Å². The highest BCUT2D eigenvalue weighted by molar-refractivity contribution is 5.53. The van der Waals surface area contributed by atoms with E-state index in [4.69, 9.17) is 0 Å². The van der Waals surface area contributed by atoms with Gasteiger partial charge in [0.25, 0.3) is 0 Å². The number of nitrogens with zero attached hydrogens (tertiary/aromatic N) is 2. The normalized spacial score (nSPS) is 11.3. The lowest BCUT2D eigenvalue weighted by Crippen LogP contribution is -2.38. The molecule has 0 aliphatic heterocycles. The van der Waals surface area contributed by atoms with Crippen LogP contribution in [0, 0.1) is 5.92 Å². The molecule has 20 heavy (non-hydrogen) atoms. The molecule has 3 nitrogen and oxygen atoms in total. The van der Waals surface area contributed by atoms with Crippen LogP contribution in [0.2, 0.25) is 0 Å². The van der Waals surface area contributed by atoms with Gasteiger partial charge in [0.15, 0.2) is 0 Å². The Labute approximate surface area is 124 Å². The molecule has 0 saturated carbocycles. The number of rotatable bonds is 9. The Morgan fingerprint density at radius 3 is 2.45 bits per heavy atom. The van der Waals surface area contributed by atoms with Gasteiger partial charge in [-0.3, -0.25) is 4.98 Å². The molecule has 0 atom stereocenters. The Morgan fingerprint density at radius 1 is 1.20 bits per heavy atom. The second kappa shape index (κ2) is 8.96. The van der Waals surface area contributed by atoms with E-state index in [0.29, 0.717) is 12.0 Å². The molecular formula is C17H31N3. The minimum Gasteiger partial charge on any atom is -0.368 e. The fourth-order valence-electron chi connectivity index (χ4n) is 2.66. The fraction of sp³-hybridized carbons (Fsp3) is 0.706. The summed E-state index contributed by atoms with van der Waals surface area (Å²) < 4.78 is 0. The van der Waals surface area contributed by atoms with Crippen LogP contribution in [0.3, 0.4) is 0 Å². The van der Waals surface area contributed by atoms with Crippen LogP contribution >= 0.6 is 0 Å². The summed E-state index contributed by atoms with van der Waals surface area (Å²) in [6, 6.07) is 2.79. The Balaban J connectivity index is 3.05. The molecule has 1 rings (SSSR count). The molecule has 0 unspecified atom stereocenters. The first-order chi connectivity index (χ1) is 9.63. The van der Waals surface area contributed by atoms with Crippen molar-refractivity contribution >= 4 is 5.69 Å². The standard InChI is InChI=1S/C17H31N3/c1-6-16(7-2)20(13-14(4)5)17-9-10-19-12-15(17)11-18-8-3/h9-10,12,14,16,18H,6-8,11,13H2,1-5H3. The Kier molecular flexibility index (Phi) is 7.60. The monoisotopic (exact) mass is 277 g/mol. The molecule has 1 aromatic rings. The van der Waals surface area contributed by atoms with Gasteiger partial charge >= 0.3 is 0 Å². The van der Waals surface area contributed by atoms with Gasteiger partial charge in [0.1, 0.15) is 0 Å². The molecule has 1 N–H and O–H groups in total. The maximum atomic E-state index is 4.30. The number of nitrogens with one attached hydrogen (secondary N) is 1. The smallest absolute Gasteiger partial charge is 0.0445 e. The third-order valence-electron chi connectivity index (χ3n) is 3.70. The molecule has 3 heteroatoms. The van der Waals surface area contributed by atoms with E-state index in [1.54, 1.807) is 0 Å². The predicted octanol–water partition coefficient (Wildman–Crippen LogP) is 3.84. The number of pyridine rings is 1. The summed E-state index contributed by atoms with van der Waals surface area (Å²) in [7, 11) is 0. The molecule has 0 aliphatic rings. The summed E-state index contributed by atoms with van der Waals surface area (Å²) in [4.78, 5) is 6.89. The first kappa shape index (κ1) is 17.0. The average molecular weight is 277 g/mol. The van der Waals surface area contributed by atoms with Gasteiger partial charge in [-0.25, -0.2) is 0 Å². The van der Waals surface area contributed by atoms with Crippen LogP contribution < -0.4 is 10.2 Å². The zero-order valence-electron chi connectivity index (χ0n) is 13.8. The predicted molar refractivity (Wildman–Crippen MR) is 88.2 cm³/mol. The van der Waals surface area contributed by atoms with Gasteiger partial charge in [-0.15, -0.1) is 0 Å². The van der Waals surface area contributed by atoms with Gasteiger partial charge in [-0.05, 0) is 31.4 Å². The summed E-state index contributed by atoms with van der Waals surface area (Å²) in [6.07, 6.45) is 6.30. The van der Waals surface area contributed by atoms with Gasteiger partial charge in [0.2, 0.25) is 0 Å². The Morgan fingerprint density at radius 2 is 1.90 bits per heavy atom. The molecule has 114 valence electrons. The van der Waals surface area contributed by atoms with Crippen molar-refractivity contribution in [2.45, 2.75) is 60.0 Å². The van der Waals surface area contributed by atoms with Crippen molar-refractivity contribution in [1.29, 1.82) is 0 Å². The van der Waals surface area contributed by atoms with E-state index in [0.717, 1.165) is 19.6 Å². The van der Waals surface area contributed by atoms with E-state index in [1.807, 2.05) is 12.4 Å². The summed E-state index contributed by atoms with van der Waals surface area (Å²) in [5, 5.41) is 3.42. The van der Waals surface area contributed by atoms with Crippen LogP contribution in [0.1, 0.15) is 53.0 Å². The summed E-state index contributed by atoms with van der Waals surface area (Å²) in [6.45, 7) is 14.3. The third kappa shape index (κ3) is 4.78. The molecule has 0 saturated heterocycles. The Hall–Kier alpha value is -1.09. The summed E-state index contributed by atoms with van der Waals surface area (Å²) in [5.74, 6) is 0.663. The molecular weight excluding hydrogens is 246 g/mol. The van der Waals surface area contributed by atoms with E-state index >= 15 is 0 Å². The van der Waals surface area contributed by atoms with Crippen molar-refractivity contribution in [1.82, 2.24) is 10.3 Å².